The second-order valence-corrected chi connectivity index (χ2v) is 7.69. The first kappa shape index (κ1) is 18.6. The summed E-state index contributed by atoms with van der Waals surface area (Å²) in [5.41, 5.74) is 1.61. The first-order valence-electron chi connectivity index (χ1n) is 9.65. The fourth-order valence-corrected chi connectivity index (χ4v) is 3.81. The zero-order valence-corrected chi connectivity index (χ0v) is 16.5. The van der Waals surface area contributed by atoms with E-state index in [1.54, 1.807) is 18.6 Å². The number of carbonyl (C=O) groups is 1. The highest BCUT2D eigenvalue weighted by Gasteiger charge is 2.27. The second kappa shape index (κ2) is 7.67. The minimum Gasteiger partial charge on any atom is -0.441 e. The highest BCUT2D eigenvalue weighted by atomic mass is 16.4. The van der Waals surface area contributed by atoms with E-state index in [2.05, 4.69) is 39.3 Å². The largest absolute Gasteiger partial charge is 0.441 e. The van der Waals surface area contributed by atoms with Crippen molar-refractivity contribution in [3.63, 3.8) is 0 Å². The Balaban J connectivity index is 1.49. The van der Waals surface area contributed by atoms with Crippen molar-refractivity contribution in [2.75, 3.05) is 19.4 Å². The van der Waals surface area contributed by atoms with E-state index in [1.807, 2.05) is 19.1 Å². The van der Waals surface area contributed by atoms with Crippen LogP contribution in [0.2, 0.25) is 0 Å². The summed E-state index contributed by atoms with van der Waals surface area (Å²) in [7, 11) is 4.21. The number of nitrogens with one attached hydrogen (secondary N) is 1. The fraction of sp³-hybridized carbons (Fsp3) is 0.429. The number of aryl methyl sites for hydroxylation is 1. The summed E-state index contributed by atoms with van der Waals surface area (Å²) in [4.78, 5) is 27.8. The molecule has 1 saturated carbocycles. The van der Waals surface area contributed by atoms with E-state index in [9.17, 15) is 4.79 Å². The summed E-state index contributed by atoms with van der Waals surface area (Å²) in [6.45, 7) is 1.81. The van der Waals surface area contributed by atoms with Gasteiger partial charge in [-0.2, -0.15) is 0 Å². The molecule has 1 fully saturated rings. The zero-order valence-electron chi connectivity index (χ0n) is 16.5. The maximum absolute atomic E-state index is 12.7. The van der Waals surface area contributed by atoms with Crippen molar-refractivity contribution in [2.45, 2.75) is 38.6 Å². The Hall–Kier alpha value is -2.80. The van der Waals surface area contributed by atoms with Crippen molar-refractivity contribution in [3.8, 4) is 11.3 Å². The molecule has 1 amide bonds. The van der Waals surface area contributed by atoms with Crippen molar-refractivity contribution >= 4 is 22.6 Å². The molecule has 1 aliphatic carbocycles. The lowest BCUT2D eigenvalue weighted by atomic mass is 9.85. The molecule has 0 bridgehead atoms. The number of pyridine rings is 2. The van der Waals surface area contributed by atoms with Gasteiger partial charge in [0.25, 0.3) is 0 Å². The summed E-state index contributed by atoms with van der Waals surface area (Å²) in [5.74, 6) is 1.95. The quantitative estimate of drug-likeness (QED) is 0.745. The molecule has 3 heterocycles. The third-order valence-electron chi connectivity index (χ3n) is 5.52. The summed E-state index contributed by atoms with van der Waals surface area (Å²) in [6.07, 6.45) is 9.05. The number of fused-ring (bicyclic) bond motifs is 1. The SMILES string of the molecule is Cc1ncc(-c2cnc3cnc(NC(=O)[C@H]4CC[C@H](N(C)C)CC4)cc3c2)o1. The Morgan fingerprint density at radius 3 is 2.54 bits per heavy atom. The molecule has 0 atom stereocenters. The van der Waals surface area contributed by atoms with Crippen LogP contribution in [-0.2, 0) is 4.79 Å². The molecule has 1 N–H and O–H groups in total. The summed E-state index contributed by atoms with van der Waals surface area (Å²) >= 11 is 0. The van der Waals surface area contributed by atoms with Crippen LogP contribution in [0.25, 0.3) is 22.2 Å². The van der Waals surface area contributed by atoms with E-state index in [-0.39, 0.29) is 11.8 Å². The third kappa shape index (κ3) is 3.89. The molecule has 3 aromatic rings. The van der Waals surface area contributed by atoms with Gasteiger partial charge in [0.2, 0.25) is 5.91 Å². The van der Waals surface area contributed by atoms with E-state index < -0.39 is 0 Å². The summed E-state index contributed by atoms with van der Waals surface area (Å²) in [6, 6.07) is 4.41. The molecule has 1 aliphatic rings. The van der Waals surface area contributed by atoms with Gasteiger partial charge in [-0.15, -0.1) is 0 Å². The first-order chi connectivity index (χ1) is 13.5. The molecule has 3 aromatic heterocycles. The Morgan fingerprint density at radius 2 is 1.86 bits per heavy atom. The molecular weight excluding hydrogens is 354 g/mol. The average Bonchev–Trinajstić information content (AvgIpc) is 3.14. The standard InChI is InChI=1S/C21H25N5O2/c1-13-22-12-19(28-13)16-8-15-9-20(24-11-18(15)23-10-16)25-21(27)14-4-6-17(7-5-14)26(2)3/h8-12,14,17H,4-7H2,1-3H3,(H,24,25,27)/t14-,17-. The van der Waals surface area contributed by atoms with Crippen molar-refractivity contribution in [1.82, 2.24) is 19.9 Å². The maximum Gasteiger partial charge on any atom is 0.228 e. The van der Waals surface area contributed by atoms with Crippen LogP contribution in [0, 0.1) is 12.8 Å². The minimum atomic E-state index is 0.0512. The number of hydrogen-bond donors (Lipinski definition) is 1. The molecule has 28 heavy (non-hydrogen) atoms. The molecule has 7 heteroatoms. The Morgan fingerprint density at radius 1 is 1.07 bits per heavy atom. The molecule has 4 rings (SSSR count). The number of amides is 1. The van der Waals surface area contributed by atoms with E-state index in [0.29, 0.717) is 23.5 Å². The van der Waals surface area contributed by atoms with Crippen LogP contribution in [0.1, 0.15) is 31.6 Å². The highest BCUT2D eigenvalue weighted by Crippen LogP contribution is 2.28. The van der Waals surface area contributed by atoms with E-state index in [0.717, 1.165) is 42.1 Å². The minimum absolute atomic E-state index is 0.0512. The molecule has 0 radical (unpaired) electrons. The zero-order chi connectivity index (χ0) is 19.7. The van der Waals surface area contributed by atoms with Gasteiger partial charge in [0, 0.05) is 36.0 Å². The van der Waals surface area contributed by atoms with Crippen molar-refractivity contribution < 1.29 is 9.21 Å². The molecule has 7 nitrogen and oxygen atoms in total. The number of nitrogens with zero attached hydrogens (tertiary/aromatic N) is 4. The molecule has 146 valence electrons. The van der Waals surface area contributed by atoms with Crippen molar-refractivity contribution in [3.05, 3.63) is 36.6 Å². The van der Waals surface area contributed by atoms with Gasteiger partial charge >= 0.3 is 0 Å². The lowest BCUT2D eigenvalue weighted by Gasteiger charge is -2.31. The van der Waals surface area contributed by atoms with Gasteiger partial charge in [0.1, 0.15) is 5.82 Å². The predicted octanol–water partition coefficient (Wildman–Crippen LogP) is 3.65. The lowest BCUT2D eigenvalue weighted by Crippen LogP contribution is -2.35. The molecule has 0 spiro atoms. The topological polar surface area (TPSA) is 84.2 Å². The fourth-order valence-electron chi connectivity index (χ4n) is 3.81. The Bertz CT molecular complexity index is 989. The summed E-state index contributed by atoms with van der Waals surface area (Å²) < 4.78 is 5.58. The van der Waals surface area contributed by atoms with Crippen LogP contribution in [0.3, 0.4) is 0 Å². The first-order valence-corrected chi connectivity index (χ1v) is 9.65. The van der Waals surface area contributed by atoms with Crippen LogP contribution in [0.5, 0.6) is 0 Å². The van der Waals surface area contributed by atoms with E-state index in [4.69, 9.17) is 4.42 Å². The average molecular weight is 379 g/mol. The van der Waals surface area contributed by atoms with Gasteiger partial charge in [0.15, 0.2) is 11.7 Å². The van der Waals surface area contributed by atoms with Crippen LogP contribution >= 0.6 is 0 Å². The number of hydrogen-bond acceptors (Lipinski definition) is 6. The number of aromatic nitrogens is 3. The lowest BCUT2D eigenvalue weighted by molar-refractivity contribution is -0.121. The van der Waals surface area contributed by atoms with Gasteiger partial charge in [-0.05, 0) is 51.9 Å². The van der Waals surface area contributed by atoms with Gasteiger partial charge in [0.05, 0.1) is 17.9 Å². The second-order valence-electron chi connectivity index (χ2n) is 7.69. The summed E-state index contributed by atoms with van der Waals surface area (Å²) in [5, 5.41) is 3.88. The molecule has 0 saturated heterocycles. The normalized spacial score (nSPS) is 19.9. The van der Waals surface area contributed by atoms with E-state index in [1.165, 1.54) is 0 Å². The number of anilines is 1. The van der Waals surface area contributed by atoms with Crippen molar-refractivity contribution in [2.24, 2.45) is 5.92 Å². The molecule has 0 aliphatic heterocycles. The Kier molecular flexibility index (Phi) is 5.09. The van der Waals surface area contributed by atoms with Crippen LogP contribution < -0.4 is 5.32 Å². The van der Waals surface area contributed by atoms with Crippen LogP contribution in [0.4, 0.5) is 5.82 Å². The Labute approximate surface area is 164 Å². The smallest absolute Gasteiger partial charge is 0.228 e. The number of rotatable bonds is 4. The van der Waals surface area contributed by atoms with Gasteiger partial charge in [-0.3, -0.25) is 9.78 Å². The van der Waals surface area contributed by atoms with Gasteiger partial charge < -0.3 is 14.6 Å². The van der Waals surface area contributed by atoms with Gasteiger partial charge in [-0.1, -0.05) is 0 Å². The number of oxazole rings is 1. The van der Waals surface area contributed by atoms with Gasteiger partial charge in [-0.25, -0.2) is 9.97 Å². The predicted molar refractivity (Wildman–Crippen MR) is 108 cm³/mol. The third-order valence-corrected chi connectivity index (χ3v) is 5.52. The van der Waals surface area contributed by atoms with E-state index >= 15 is 0 Å². The van der Waals surface area contributed by atoms with Crippen LogP contribution in [-0.4, -0.2) is 45.9 Å². The molecular formula is C21H25N5O2. The molecule has 0 aromatic carbocycles. The monoisotopic (exact) mass is 379 g/mol. The highest BCUT2D eigenvalue weighted by molar-refractivity contribution is 5.94. The molecule has 0 unspecified atom stereocenters. The number of carbonyl (C=O) groups excluding carboxylic acids is 1. The van der Waals surface area contributed by atoms with Crippen LogP contribution in [0.15, 0.2) is 35.1 Å². The maximum atomic E-state index is 12.7. The van der Waals surface area contributed by atoms with Crippen molar-refractivity contribution in [1.29, 1.82) is 0 Å².